The van der Waals surface area contributed by atoms with Gasteiger partial charge in [0.2, 0.25) is 11.8 Å². The van der Waals surface area contributed by atoms with Crippen LogP contribution >= 0.6 is 0 Å². The molecule has 3 aromatic carbocycles. The highest BCUT2D eigenvalue weighted by atomic mass is 32.2. The zero-order valence-electron chi connectivity index (χ0n) is 23.3. The van der Waals surface area contributed by atoms with Crippen molar-refractivity contribution in [3.8, 4) is 5.75 Å². The zero-order valence-corrected chi connectivity index (χ0v) is 24.1. The SMILES string of the molecule is COc1cccc(CN(C(=O)CN(c2ccccc2)S(=O)(=O)c2ccc(F)cc2)[C@@H](C)C(=O)NC2CCCCC2)c1. The fourth-order valence-corrected chi connectivity index (χ4v) is 6.39. The van der Waals surface area contributed by atoms with E-state index in [4.69, 9.17) is 4.74 Å². The number of methoxy groups -OCH3 is 1. The first kappa shape index (κ1) is 30.0. The van der Waals surface area contributed by atoms with E-state index in [2.05, 4.69) is 5.32 Å². The Morgan fingerprint density at radius 2 is 1.66 bits per heavy atom. The highest BCUT2D eigenvalue weighted by Gasteiger charge is 2.33. The highest BCUT2D eigenvalue weighted by molar-refractivity contribution is 7.92. The third-order valence-electron chi connectivity index (χ3n) is 7.33. The first-order chi connectivity index (χ1) is 19.7. The summed E-state index contributed by atoms with van der Waals surface area (Å²) in [6, 6.07) is 19.0. The molecule has 8 nitrogen and oxygen atoms in total. The average Bonchev–Trinajstić information content (AvgIpc) is 2.99. The van der Waals surface area contributed by atoms with Crippen LogP contribution in [0.1, 0.15) is 44.6 Å². The third kappa shape index (κ3) is 7.64. The normalized spacial score (nSPS) is 14.6. The molecular weight excluding hydrogens is 545 g/mol. The Kier molecular flexibility index (Phi) is 9.99. The van der Waals surface area contributed by atoms with E-state index in [0.717, 1.165) is 54.1 Å². The predicted molar refractivity (Wildman–Crippen MR) is 155 cm³/mol. The van der Waals surface area contributed by atoms with Crippen molar-refractivity contribution < 1.29 is 27.1 Å². The molecule has 3 aromatic rings. The number of amides is 2. The van der Waals surface area contributed by atoms with Gasteiger partial charge in [-0.15, -0.1) is 0 Å². The Balaban J connectivity index is 1.66. The number of sulfonamides is 1. The van der Waals surface area contributed by atoms with Crippen molar-refractivity contribution in [3.05, 3.63) is 90.2 Å². The highest BCUT2D eigenvalue weighted by Crippen LogP contribution is 2.25. The van der Waals surface area contributed by atoms with Gasteiger partial charge in [-0.05, 0) is 73.9 Å². The number of carbonyl (C=O) groups is 2. The van der Waals surface area contributed by atoms with Crippen LogP contribution in [0.2, 0.25) is 0 Å². The molecule has 1 atom stereocenters. The number of nitrogens with zero attached hydrogens (tertiary/aromatic N) is 2. The number of para-hydroxylation sites is 1. The van der Waals surface area contributed by atoms with Crippen molar-refractivity contribution in [1.29, 1.82) is 0 Å². The molecule has 0 spiro atoms. The number of carbonyl (C=O) groups excluding carboxylic acids is 2. The maximum Gasteiger partial charge on any atom is 0.264 e. The van der Waals surface area contributed by atoms with E-state index in [1.54, 1.807) is 62.6 Å². The molecule has 1 N–H and O–H groups in total. The third-order valence-corrected chi connectivity index (χ3v) is 9.12. The molecule has 4 rings (SSSR count). The lowest BCUT2D eigenvalue weighted by Gasteiger charge is -2.33. The van der Waals surface area contributed by atoms with Gasteiger partial charge in [-0.1, -0.05) is 49.6 Å². The molecule has 0 bridgehead atoms. The first-order valence-corrected chi connectivity index (χ1v) is 15.2. The van der Waals surface area contributed by atoms with E-state index >= 15 is 0 Å². The average molecular weight is 582 g/mol. The summed E-state index contributed by atoms with van der Waals surface area (Å²) in [6.07, 6.45) is 5.00. The van der Waals surface area contributed by atoms with Gasteiger partial charge in [0.25, 0.3) is 10.0 Å². The van der Waals surface area contributed by atoms with Gasteiger partial charge in [0.1, 0.15) is 24.2 Å². The van der Waals surface area contributed by atoms with Crippen LogP contribution in [0.25, 0.3) is 0 Å². The lowest BCUT2D eigenvalue weighted by atomic mass is 9.95. The van der Waals surface area contributed by atoms with Gasteiger partial charge in [-0.3, -0.25) is 13.9 Å². The molecule has 0 aromatic heterocycles. The molecule has 0 unspecified atom stereocenters. The van der Waals surface area contributed by atoms with Crippen LogP contribution in [0.5, 0.6) is 5.75 Å². The van der Waals surface area contributed by atoms with Crippen LogP contribution in [0.15, 0.2) is 83.8 Å². The molecule has 1 aliphatic rings. The number of ether oxygens (including phenoxy) is 1. The maximum absolute atomic E-state index is 14.0. The van der Waals surface area contributed by atoms with E-state index in [1.807, 2.05) is 6.07 Å². The molecule has 1 aliphatic carbocycles. The van der Waals surface area contributed by atoms with E-state index in [9.17, 15) is 22.4 Å². The number of benzene rings is 3. The molecule has 1 fully saturated rings. The summed E-state index contributed by atoms with van der Waals surface area (Å²) >= 11 is 0. The summed E-state index contributed by atoms with van der Waals surface area (Å²) in [5.41, 5.74) is 0.994. The van der Waals surface area contributed by atoms with Crippen LogP contribution < -0.4 is 14.4 Å². The van der Waals surface area contributed by atoms with E-state index in [-0.39, 0.29) is 29.1 Å². The van der Waals surface area contributed by atoms with Gasteiger partial charge in [-0.2, -0.15) is 0 Å². The topological polar surface area (TPSA) is 96.0 Å². The van der Waals surface area contributed by atoms with Crippen molar-refractivity contribution in [2.75, 3.05) is 18.0 Å². The fourth-order valence-electron chi connectivity index (χ4n) is 4.98. The van der Waals surface area contributed by atoms with Crippen molar-refractivity contribution in [2.45, 2.75) is 62.6 Å². The minimum Gasteiger partial charge on any atom is -0.497 e. The van der Waals surface area contributed by atoms with Crippen molar-refractivity contribution in [2.24, 2.45) is 0 Å². The lowest BCUT2D eigenvalue weighted by Crippen LogP contribution is -2.53. The summed E-state index contributed by atoms with van der Waals surface area (Å²) in [5.74, 6) is -0.831. The standard InChI is InChI=1S/C31H36FN3O5S/c1-23(31(37)33-26-11-5-3-6-12-26)34(21-24-10-9-15-28(20-24)40-2)30(36)22-35(27-13-7-4-8-14-27)41(38,39)29-18-16-25(32)17-19-29/h4,7-10,13-20,23,26H,3,5-6,11-12,21-22H2,1-2H3,(H,33,37)/t23-/m0/s1. The van der Waals surface area contributed by atoms with Gasteiger partial charge in [0, 0.05) is 12.6 Å². The van der Waals surface area contributed by atoms with Crippen molar-refractivity contribution in [1.82, 2.24) is 10.2 Å². The fraction of sp³-hybridized carbons (Fsp3) is 0.355. The van der Waals surface area contributed by atoms with Crippen LogP contribution in [0.4, 0.5) is 10.1 Å². The minimum atomic E-state index is -4.25. The largest absolute Gasteiger partial charge is 0.497 e. The van der Waals surface area contributed by atoms with Crippen molar-refractivity contribution >= 4 is 27.5 Å². The summed E-state index contributed by atoms with van der Waals surface area (Å²) in [5, 5.41) is 3.08. The number of hydrogen-bond donors (Lipinski definition) is 1. The summed E-state index contributed by atoms with van der Waals surface area (Å²) in [4.78, 5) is 28.6. The molecule has 10 heteroatoms. The number of rotatable bonds is 11. The minimum absolute atomic E-state index is 0.0483. The van der Waals surface area contributed by atoms with Crippen LogP contribution in [-0.4, -0.2) is 50.9 Å². The first-order valence-electron chi connectivity index (χ1n) is 13.7. The van der Waals surface area contributed by atoms with Gasteiger partial charge in [0.05, 0.1) is 17.7 Å². The Bertz CT molecular complexity index is 1430. The Labute approximate surface area is 241 Å². The number of nitrogens with one attached hydrogen (secondary N) is 1. The van der Waals surface area contributed by atoms with Crippen LogP contribution in [-0.2, 0) is 26.2 Å². The Morgan fingerprint density at radius 1 is 0.976 bits per heavy atom. The van der Waals surface area contributed by atoms with Crippen LogP contribution in [0.3, 0.4) is 0 Å². The smallest absolute Gasteiger partial charge is 0.264 e. The number of anilines is 1. The monoisotopic (exact) mass is 581 g/mol. The van der Waals surface area contributed by atoms with Crippen molar-refractivity contribution in [3.63, 3.8) is 0 Å². The molecule has 0 aliphatic heterocycles. The quantitative estimate of drug-likeness (QED) is 0.348. The second kappa shape index (κ2) is 13.6. The molecule has 0 saturated heterocycles. The molecule has 1 saturated carbocycles. The summed E-state index contributed by atoms with van der Waals surface area (Å²) in [7, 11) is -2.71. The predicted octanol–water partition coefficient (Wildman–Crippen LogP) is 4.90. The van der Waals surface area contributed by atoms with Crippen LogP contribution in [0, 0.1) is 5.82 Å². The summed E-state index contributed by atoms with van der Waals surface area (Å²) < 4.78 is 47.4. The van der Waals surface area contributed by atoms with E-state index in [0.29, 0.717) is 5.75 Å². The van der Waals surface area contributed by atoms with Gasteiger partial charge in [0.15, 0.2) is 0 Å². The molecule has 41 heavy (non-hydrogen) atoms. The van der Waals surface area contributed by atoms with Gasteiger partial charge in [-0.25, -0.2) is 12.8 Å². The Morgan fingerprint density at radius 3 is 2.32 bits per heavy atom. The van der Waals surface area contributed by atoms with E-state index in [1.165, 1.54) is 17.0 Å². The Hall–Kier alpha value is -3.92. The van der Waals surface area contributed by atoms with Gasteiger partial charge < -0.3 is 15.0 Å². The molecule has 0 heterocycles. The molecule has 218 valence electrons. The van der Waals surface area contributed by atoms with E-state index < -0.39 is 34.3 Å². The lowest BCUT2D eigenvalue weighted by molar-refractivity contribution is -0.139. The molecular formula is C31H36FN3O5S. The number of hydrogen-bond acceptors (Lipinski definition) is 5. The maximum atomic E-state index is 14.0. The molecule has 0 radical (unpaired) electrons. The molecule has 2 amide bonds. The zero-order chi connectivity index (χ0) is 29.4. The second-order valence-corrected chi connectivity index (χ2v) is 12.1. The number of halogens is 1. The second-order valence-electron chi connectivity index (χ2n) is 10.2. The van der Waals surface area contributed by atoms with Gasteiger partial charge >= 0.3 is 0 Å². The summed E-state index contributed by atoms with van der Waals surface area (Å²) in [6.45, 7) is 1.15.